The number of halogens is 1. The fourth-order valence-corrected chi connectivity index (χ4v) is 5.29. The third kappa shape index (κ3) is 6.49. The molecule has 0 radical (unpaired) electrons. The molecule has 0 spiro atoms. The zero-order valence-corrected chi connectivity index (χ0v) is 22.8. The largest absolute Gasteiger partial charge is 0.489 e. The zero-order chi connectivity index (χ0) is 26.0. The van der Waals surface area contributed by atoms with Gasteiger partial charge in [-0.3, -0.25) is 0 Å². The van der Waals surface area contributed by atoms with Crippen LogP contribution >= 0.6 is 15.9 Å². The summed E-state index contributed by atoms with van der Waals surface area (Å²) in [6, 6.07) is 36.3. The molecule has 4 aromatic carbocycles. The lowest BCUT2D eigenvalue weighted by Crippen LogP contribution is -2.20. The summed E-state index contributed by atoms with van der Waals surface area (Å²) in [5.41, 5.74) is 6.59. The summed E-state index contributed by atoms with van der Waals surface area (Å²) in [5, 5.41) is 0.625. The molecule has 0 aromatic heterocycles. The Balaban J connectivity index is 1.38. The van der Waals surface area contributed by atoms with Gasteiger partial charge in [0, 0.05) is 5.92 Å². The molecule has 4 aromatic rings. The highest BCUT2D eigenvalue weighted by atomic mass is 79.9. The second kappa shape index (κ2) is 13.0. The molecule has 2 atom stereocenters. The van der Waals surface area contributed by atoms with E-state index in [1.54, 1.807) is 0 Å². The lowest BCUT2D eigenvalue weighted by Gasteiger charge is -2.35. The van der Waals surface area contributed by atoms with E-state index in [0.29, 0.717) is 24.5 Å². The van der Waals surface area contributed by atoms with Gasteiger partial charge in [0.15, 0.2) is 0 Å². The average molecular weight is 562 g/mol. The molecule has 5 rings (SSSR count). The van der Waals surface area contributed by atoms with E-state index in [0.717, 1.165) is 24.3 Å². The van der Waals surface area contributed by atoms with E-state index in [1.807, 2.05) is 18.2 Å². The Morgan fingerprint density at radius 2 is 1.42 bits per heavy atom. The summed E-state index contributed by atoms with van der Waals surface area (Å²) in [4.78, 5) is 0. The van der Waals surface area contributed by atoms with Gasteiger partial charge in [0.2, 0.25) is 0 Å². The maximum atomic E-state index is 6.16. The molecule has 0 heterocycles. The van der Waals surface area contributed by atoms with Crippen LogP contribution in [0.3, 0.4) is 0 Å². The van der Waals surface area contributed by atoms with E-state index in [9.17, 15) is 0 Å². The summed E-state index contributed by atoms with van der Waals surface area (Å²) in [6.07, 6.45) is 2.12. The van der Waals surface area contributed by atoms with Crippen molar-refractivity contribution in [1.29, 1.82) is 0 Å². The minimum absolute atomic E-state index is 0.262. The molecule has 3 heteroatoms. The van der Waals surface area contributed by atoms with E-state index in [1.165, 1.54) is 27.8 Å². The van der Waals surface area contributed by atoms with Crippen molar-refractivity contribution in [2.45, 2.75) is 31.3 Å². The number of rotatable bonds is 7. The Kier molecular flexibility index (Phi) is 8.83. The standard InChI is InChI=1S/C35H29BrO2/c36-23-9-1-2-10-24-37-31-18-15-29(16-19-31)35-33(28-13-7-4-8-14-28)21-17-30-25-32(20-22-34(30)35)38-26-27-11-5-3-6-12-27/h3-8,11-16,18-20,22,25,33,35H,17,21,23-24,26H2/t33-,35+/m1/s1. The van der Waals surface area contributed by atoms with Gasteiger partial charge in [0.1, 0.15) is 24.7 Å². The van der Waals surface area contributed by atoms with Gasteiger partial charge in [-0.25, -0.2) is 0 Å². The molecule has 38 heavy (non-hydrogen) atoms. The summed E-state index contributed by atoms with van der Waals surface area (Å²) >= 11 is 3.26. The quantitative estimate of drug-likeness (QED) is 0.169. The van der Waals surface area contributed by atoms with Crippen LogP contribution in [0.4, 0.5) is 0 Å². The van der Waals surface area contributed by atoms with Crippen molar-refractivity contribution in [3.8, 4) is 35.2 Å². The Morgan fingerprint density at radius 3 is 2.18 bits per heavy atom. The van der Waals surface area contributed by atoms with Crippen molar-refractivity contribution in [2.24, 2.45) is 0 Å². The maximum Gasteiger partial charge on any atom is 0.150 e. The smallest absolute Gasteiger partial charge is 0.150 e. The van der Waals surface area contributed by atoms with Crippen LogP contribution in [-0.4, -0.2) is 11.9 Å². The minimum Gasteiger partial charge on any atom is -0.489 e. The van der Waals surface area contributed by atoms with E-state index in [4.69, 9.17) is 9.47 Å². The topological polar surface area (TPSA) is 18.5 Å². The number of aryl methyl sites for hydroxylation is 1. The fraction of sp³-hybridized carbons (Fsp3) is 0.200. The van der Waals surface area contributed by atoms with Gasteiger partial charge in [0.25, 0.3) is 0 Å². The molecule has 0 N–H and O–H groups in total. The summed E-state index contributed by atoms with van der Waals surface area (Å²) in [6.45, 7) is 0.894. The Bertz CT molecular complexity index is 1460. The van der Waals surface area contributed by atoms with Crippen molar-refractivity contribution < 1.29 is 9.47 Å². The number of hydrogen-bond acceptors (Lipinski definition) is 2. The van der Waals surface area contributed by atoms with Crippen LogP contribution in [0.15, 0.2) is 103 Å². The van der Waals surface area contributed by atoms with E-state index >= 15 is 0 Å². The van der Waals surface area contributed by atoms with E-state index < -0.39 is 0 Å². The molecule has 188 valence electrons. The molecule has 1 aliphatic rings. The number of benzene rings is 4. The van der Waals surface area contributed by atoms with Crippen molar-refractivity contribution in [2.75, 3.05) is 11.9 Å². The van der Waals surface area contributed by atoms with Gasteiger partial charge < -0.3 is 9.47 Å². The van der Waals surface area contributed by atoms with Crippen molar-refractivity contribution in [3.05, 3.63) is 131 Å². The summed E-state index contributed by atoms with van der Waals surface area (Å²) < 4.78 is 12.0. The second-order valence-corrected chi connectivity index (χ2v) is 9.82. The highest BCUT2D eigenvalue weighted by molar-refractivity contribution is 9.09. The molecule has 0 amide bonds. The predicted octanol–water partition coefficient (Wildman–Crippen LogP) is 7.91. The van der Waals surface area contributed by atoms with Crippen LogP contribution in [0.5, 0.6) is 11.5 Å². The molecule has 0 saturated carbocycles. The summed E-state index contributed by atoms with van der Waals surface area (Å²) in [5.74, 6) is 13.8. The zero-order valence-electron chi connectivity index (χ0n) is 21.2. The average Bonchev–Trinajstić information content (AvgIpc) is 2.98. The first kappa shape index (κ1) is 25.7. The molecule has 0 aliphatic heterocycles. The van der Waals surface area contributed by atoms with Gasteiger partial charge in [-0.2, -0.15) is 0 Å². The predicted molar refractivity (Wildman–Crippen MR) is 158 cm³/mol. The van der Waals surface area contributed by atoms with Gasteiger partial charge in [-0.15, -0.1) is 0 Å². The number of fused-ring (bicyclic) bond motifs is 1. The lowest BCUT2D eigenvalue weighted by molar-refractivity contribution is 0.305. The Morgan fingerprint density at radius 1 is 0.711 bits per heavy atom. The third-order valence-corrected chi connectivity index (χ3v) is 7.19. The van der Waals surface area contributed by atoms with Gasteiger partial charge in [0.05, 0.1) is 5.33 Å². The van der Waals surface area contributed by atoms with Crippen molar-refractivity contribution in [1.82, 2.24) is 0 Å². The normalized spacial score (nSPS) is 15.7. The van der Waals surface area contributed by atoms with Crippen LogP contribution in [0, 0.1) is 23.7 Å². The van der Waals surface area contributed by atoms with Crippen LogP contribution in [0.25, 0.3) is 0 Å². The van der Waals surface area contributed by atoms with Gasteiger partial charge in [-0.1, -0.05) is 101 Å². The highest BCUT2D eigenvalue weighted by Gasteiger charge is 2.32. The summed E-state index contributed by atoms with van der Waals surface area (Å²) in [7, 11) is 0. The minimum atomic E-state index is 0.262. The van der Waals surface area contributed by atoms with Crippen LogP contribution in [0.2, 0.25) is 0 Å². The molecular weight excluding hydrogens is 532 g/mol. The molecule has 1 aliphatic carbocycles. The van der Waals surface area contributed by atoms with E-state index in [-0.39, 0.29) is 5.92 Å². The monoisotopic (exact) mass is 560 g/mol. The Hall–Kier alpha value is -3.92. The third-order valence-electron chi connectivity index (χ3n) is 6.91. The van der Waals surface area contributed by atoms with Crippen LogP contribution < -0.4 is 9.47 Å². The lowest BCUT2D eigenvalue weighted by atomic mass is 9.69. The first-order valence-electron chi connectivity index (χ1n) is 12.9. The van der Waals surface area contributed by atoms with Crippen LogP contribution in [-0.2, 0) is 13.0 Å². The van der Waals surface area contributed by atoms with Crippen LogP contribution in [0.1, 0.15) is 46.1 Å². The SMILES string of the molecule is BrCC#CC#CCOc1ccc([C@@H]2c3ccc(OCc4ccccc4)cc3CC[C@@H]2c2ccccc2)cc1. The fourth-order valence-electron chi connectivity index (χ4n) is 5.15. The number of alkyl halides is 1. The molecule has 0 fully saturated rings. The van der Waals surface area contributed by atoms with Crippen molar-refractivity contribution >= 4 is 15.9 Å². The van der Waals surface area contributed by atoms with E-state index in [2.05, 4.69) is 125 Å². The van der Waals surface area contributed by atoms with Crippen molar-refractivity contribution in [3.63, 3.8) is 0 Å². The second-order valence-electron chi connectivity index (χ2n) is 9.26. The molecule has 0 bridgehead atoms. The van der Waals surface area contributed by atoms with Gasteiger partial charge in [-0.05, 0) is 88.6 Å². The molecular formula is C35H29BrO2. The first-order valence-corrected chi connectivity index (χ1v) is 14.0. The highest BCUT2D eigenvalue weighted by Crippen LogP contribution is 2.47. The number of ether oxygens (including phenoxy) is 2. The molecule has 0 unspecified atom stereocenters. The maximum absolute atomic E-state index is 6.16. The van der Waals surface area contributed by atoms with Gasteiger partial charge >= 0.3 is 0 Å². The first-order chi connectivity index (χ1) is 18.8. The molecule has 2 nitrogen and oxygen atoms in total. The Labute approximate surface area is 234 Å². The molecule has 0 saturated heterocycles. The number of hydrogen-bond donors (Lipinski definition) is 0.